The lowest BCUT2D eigenvalue weighted by Gasteiger charge is -2.49. The van der Waals surface area contributed by atoms with Crippen molar-refractivity contribution in [3.8, 4) is 16.9 Å². The van der Waals surface area contributed by atoms with E-state index in [-0.39, 0.29) is 14.9 Å². The van der Waals surface area contributed by atoms with Crippen LogP contribution in [0.25, 0.3) is 11.1 Å². The topological polar surface area (TPSA) is 83.9 Å². The summed E-state index contributed by atoms with van der Waals surface area (Å²) in [6.07, 6.45) is 1.65. The maximum Gasteiger partial charge on any atom is 0.318 e. The van der Waals surface area contributed by atoms with Crippen LogP contribution in [0, 0.1) is 0 Å². The zero-order valence-corrected chi connectivity index (χ0v) is 20.7. The second-order valence-electron chi connectivity index (χ2n) is 8.12. The SMILES string of the molecule is COc1c(-c2ccccc2)cccc1C1(N(CC(=O)O)S(=O)(=O)c2ccc(Cl)c(Cl)c2)CCC1. The summed E-state index contributed by atoms with van der Waals surface area (Å²) in [6, 6.07) is 19.1. The van der Waals surface area contributed by atoms with E-state index in [1.165, 1.54) is 25.3 Å². The summed E-state index contributed by atoms with van der Waals surface area (Å²) >= 11 is 12.1. The second kappa shape index (κ2) is 9.58. The van der Waals surface area contributed by atoms with E-state index >= 15 is 0 Å². The minimum Gasteiger partial charge on any atom is -0.496 e. The molecule has 4 rings (SSSR count). The summed E-state index contributed by atoms with van der Waals surface area (Å²) in [7, 11) is -2.72. The lowest BCUT2D eigenvalue weighted by molar-refractivity contribution is -0.139. The molecule has 34 heavy (non-hydrogen) atoms. The van der Waals surface area contributed by atoms with Gasteiger partial charge in [0.1, 0.15) is 12.3 Å². The maximum atomic E-state index is 13.8. The molecule has 1 aliphatic rings. The number of hydrogen-bond donors (Lipinski definition) is 1. The molecule has 3 aromatic carbocycles. The zero-order valence-electron chi connectivity index (χ0n) is 18.4. The van der Waals surface area contributed by atoms with Crippen molar-refractivity contribution in [1.29, 1.82) is 0 Å². The van der Waals surface area contributed by atoms with Crippen molar-refractivity contribution in [3.63, 3.8) is 0 Å². The average Bonchev–Trinajstić information content (AvgIpc) is 2.79. The minimum atomic E-state index is -4.25. The van der Waals surface area contributed by atoms with E-state index in [2.05, 4.69) is 0 Å². The van der Waals surface area contributed by atoms with E-state index in [9.17, 15) is 18.3 Å². The summed E-state index contributed by atoms with van der Waals surface area (Å²) in [4.78, 5) is 11.8. The third kappa shape index (κ3) is 4.29. The number of carboxylic acids is 1. The number of carboxylic acid groups (broad SMARTS) is 1. The Labute approximate surface area is 208 Å². The fourth-order valence-electron chi connectivity index (χ4n) is 4.49. The van der Waals surface area contributed by atoms with Crippen molar-refractivity contribution in [1.82, 2.24) is 4.31 Å². The van der Waals surface area contributed by atoms with Crippen molar-refractivity contribution >= 4 is 39.2 Å². The van der Waals surface area contributed by atoms with Crippen molar-refractivity contribution in [3.05, 3.63) is 82.3 Å². The van der Waals surface area contributed by atoms with E-state index in [1.54, 1.807) is 0 Å². The smallest absolute Gasteiger partial charge is 0.318 e. The van der Waals surface area contributed by atoms with Gasteiger partial charge < -0.3 is 9.84 Å². The predicted octanol–water partition coefficient (Wildman–Crippen LogP) is 5.82. The number of halogens is 2. The fourth-order valence-corrected chi connectivity index (χ4v) is 6.63. The Kier molecular flexibility index (Phi) is 6.92. The van der Waals surface area contributed by atoms with Gasteiger partial charge in [-0.2, -0.15) is 4.31 Å². The first-order valence-electron chi connectivity index (χ1n) is 10.6. The van der Waals surface area contributed by atoms with Gasteiger partial charge in [0.05, 0.1) is 27.6 Å². The van der Waals surface area contributed by atoms with Gasteiger partial charge >= 0.3 is 5.97 Å². The Bertz CT molecular complexity index is 1320. The molecule has 0 amide bonds. The molecule has 0 bridgehead atoms. The van der Waals surface area contributed by atoms with Crippen LogP contribution in [0.15, 0.2) is 71.6 Å². The number of ether oxygens (including phenoxy) is 1. The van der Waals surface area contributed by atoms with Crippen LogP contribution in [0.3, 0.4) is 0 Å². The van der Waals surface area contributed by atoms with Crippen molar-refractivity contribution in [2.45, 2.75) is 29.7 Å². The Morgan fingerprint density at radius 3 is 2.29 bits per heavy atom. The predicted molar refractivity (Wildman–Crippen MR) is 132 cm³/mol. The number of methoxy groups -OCH3 is 1. The third-order valence-electron chi connectivity index (χ3n) is 6.22. The highest BCUT2D eigenvalue weighted by Crippen LogP contribution is 2.53. The third-order valence-corrected chi connectivity index (χ3v) is 8.87. The summed E-state index contributed by atoms with van der Waals surface area (Å²) in [5.41, 5.74) is 1.26. The van der Waals surface area contributed by atoms with Crippen molar-refractivity contribution < 1.29 is 23.1 Å². The van der Waals surface area contributed by atoms with E-state index in [0.29, 0.717) is 24.2 Å². The molecule has 1 N–H and O–H groups in total. The van der Waals surface area contributed by atoms with Crippen LogP contribution < -0.4 is 4.74 Å². The molecule has 3 aromatic rings. The Hall–Kier alpha value is -2.58. The number of nitrogens with zero attached hydrogens (tertiary/aromatic N) is 1. The van der Waals surface area contributed by atoms with Crippen LogP contribution in [-0.4, -0.2) is 37.5 Å². The highest BCUT2D eigenvalue weighted by atomic mass is 35.5. The molecule has 6 nitrogen and oxygen atoms in total. The van der Waals surface area contributed by atoms with Crippen LogP contribution in [-0.2, 0) is 20.4 Å². The minimum absolute atomic E-state index is 0.0735. The molecule has 1 fully saturated rings. The molecule has 0 spiro atoms. The molecule has 0 aliphatic heterocycles. The van der Waals surface area contributed by atoms with Crippen LogP contribution in [0.5, 0.6) is 5.75 Å². The Morgan fingerprint density at radius 1 is 1.03 bits per heavy atom. The normalized spacial score (nSPS) is 15.1. The zero-order chi connectivity index (χ0) is 24.5. The summed E-state index contributed by atoms with van der Waals surface area (Å²) in [5, 5.41) is 9.98. The Balaban J connectivity index is 1.91. The van der Waals surface area contributed by atoms with Crippen LogP contribution >= 0.6 is 23.2 Å². The highest BCUT2D eigenvalue weighted by Gasteiger charge is 2.52. The van der Waals surface area contributed by atoms with Crippen LogP contribution in [0.1, 0.15) is 24.8 Å². The van der Waals surface area contributed by atoms with Gasteiger partial charge in [-0.15, -0.1) is 0 Å². The summed E-state index contributed by atoms with van der Waals surface area (Å²) in [6.45, 7) is -0.707. The quantitative estimate of drug-likeness (QED) is 0.405. The van der Waals surface area contributed by atoms with E-state index in [0.717, 1.165) is 21.9 Å². The number of hydrogen-bond acceptors (Lipinski definition) is 4. The number of carbonyl (C=O) groups is 1. The molecule has 178 valence electrons. The van der Waals surface area contributed by atoms with Gasteiger partial charge in [-0.3, -0.25) is 4.79 Å². The molecule has 0 saturated heterocycles. The fraction of sp³-hybridized carbons (Fsp3) is 0.240. The first-order chi connectivity index (χ1) is 16.2. The maximum absolute atomic E-state index is 13.8. The van der Waals surface area contributed by atoms with Gasteiger partial charge in [0.2, 0.25) is 10.0 Å². The summed E-state index contributed by atoms with van der Waals surface area (Å²) < 4.78 is 34.5. The lowest BCUT2D eigenvalue weighted by atomic mass is 9.70. The highest BCUT2D eigenvalue weighted by molar-refractivity contribution is 7.89. The first-order valence-corrected chi connectivity index (χ1v) is 12.8. The van der Waals surface area contributed by atoms with Gasteiger partial charge in [-0.25, -0.2) is 8.42 Å². The van der Waals surface area contributed by atoms with Crippen LogP contribution in [0.4, 0.5) is 0 Å². The largest absolute Gasteiger partial charge is 0.496 e. The van der Waals surface area contributed by atoms with Gasteiger partial charge in [0.15, 0.2) is 0 Å². The number of para-hydroxylation sites is 1. The number of aliphatic carboxylic acids is 1. The second-order valence-corrected chi connectivity index (χ2v) is 10.8. The van der Waals surface area contributed by atoms with Gasteiger partial charge in [-0.1, -0.05) is 71.7 Å². The van der Waals surface area contributed by atoms with Gasteiger partial charge in [0, 0.05) is 11.1 Å². The molecule has 0 radical (unpaired) electrons. The summed E-state index contributed by atoms with van der Waals surface area (Å²) in [5.74, 6) is -0.735. The van der Waals surface area contributed by atoms with Crippen molar-refractivity contribution in [2.24, 2.45) is 0 Å². The Morgan fingerprint density at radius 2 is 1.74 bits per heavy atom. The molecule has 0 heterocycles. The molecular formula is C25H23Cl2NO5S. The average molecular weight is 520 g/mol. The molecule has 0 unspecified atom stereocenters. The lowest BCUT2D eigenvalue weighted by Crippen LogP contribution is -2.55. The molecular weight excluding hydrogens is 497 g/mol. The van der Waals surface area contributed by atoms with E-state index < -0.39 is 28.1 Å². The number of sulfonamides is 1. The molecule has 1 aliphatic carbocycles. The number of benzene rings is 3. The van der Waals surface area contributed by atoms with E-state index in [4.69, 9.17) is 27.9 Å². The molecule has 0 atom stereocenters. The van der Waals surface area contributed by atoms with Gasteiger partial charge in [-0.05, 0) is 43.0 Å². The molecule has 0 aromatic heterocycles. The van der Waals surface area contributed by atoms with Crippen molar-refractivity contribution in [2.75, 3.05) is 13.7 Å². The monoisotopic (exact) mass is 519 g/mol. The van der Waals surface area contributed by atoms with Crippen LogP contribution in [0.2, 0.25) is 10.0 Å². The van der Waals surface area contributed by atoms with E-state index in [1.807, 2.05) is 48.5 Å². The van der Waals surface area contributed by atoms with Gasteiger partial charge in [0.25, 0.3) is 0 Å². The first kappa shape index (κ1) is 24.5. The molecule has 1 saturated carbocycles. The molecule has 9 heteroatoms. The standard InChI is InChI=1S/C25H23Cl2NO5S/c1-33-24-19(17-7-3-2-4-8-17)9-5-10-20(24)25(13-6-14-25)28(16-23(29)30)34(31,32)18-11-12-21(26)22(27)15-18/h2-5,7-12,15H,6,13-14,16H2,1H3,(H,29,30). The number of rotatable bonds is 8.